The fourth-order valence-electron chi connectivity index (χ4n) is 3.14. The quantitative estimate of drug-likeness (QED) is 0.772. The van der Waals surface area contributed by atoms with Gasteiger partial charge in [-0.25, -0.2) is 0 Å². The number of hydrogen-bond donors (Lipinski definition) is 2. The summed E-state index contributed by atoms with van der Waals surface area (Å²) < 4.78 is 5.78. The molecule has 0 aromatic rings. The summed E-state index contributed by atoms with van der Waals surface area (Å²) in [6, 6.07) is 0.964. The van der Waals surface area contributed by atoms with Gasteiger partial charge in [0.15, 0.2) is 0 Å². The highest BCUT2D eigenvalue weighted by Gasteiger charge is 2.22. The topological polar surface area (TPSA) is 53.6 Å². The van der Waals surface area contributed by atoms with Crippen molar-refractivity contribution in [3.05, 3.63) is 0 Å². The lowest BCUT2D eigenvalue weighted by atomic mass is 10.0. The van der Waals surface area contributed by atoms with Gasteiger partial charge in [0.1, 0.15) is 0 Å². The minimum Gasteiger partial charge on any atom is -0.378 e. The third kappa shape index (κ3) is 5.93. The van der Waals surface area contributed by atoms with Crippen molar-refractivity contribution in [1.29, 1.82) is 0 Å². The summed E-state index contributed by atoms with van der Waals surface area (Å²) in [5, 5.41) is 6.47. The molecule has 5 nitrogen and oxygen atoms in total. The summed E-state index contributed by atoms with van der Waals surface area (Å²) in [4.78, 5) is 14.4. The van der Waals surface area contributed by atoms with Crippen LogP contribution >= 0.6 is 0 Å². The monoisotopic (exact) mass is 297 g/mol. The average Bonchev–Trinajstić information content (AvgIpc) is 2.49. The Labute approximate surface area is 128 Å². The molecule has 2 aliphatic heterocycles. The maximum atomic E-state index is 12.0. The summed E-state index contributed by atoms with van der Waals surface area (Å²) in [6.07, 6.45) is 5.10. The molecule has 2 rings (SSSR count). The van der Waals surface area contributed by atoms with Crippen LogP contribution in [0.1, 0.15) is 46.0 Å². The number of ether oxygens (including phenoxy) is 1. The molecule has 21 heavy (non-hydrogen) atoms. The predicted octanol–water partition coefficient (Wildman–Crippen LogP) is 1.13. The Morgan fingerprint density at radius 3 is 2.52 bits per heavy atom. The Balaban J connectivity index is 1.55. The van der Waals surface area contributed by atoms with E-state index in [0.717, 1.165) is 51.9 Å². The molecule has 2 N–H and O–H groups in total. The van der Waals surface area contributed by atoms with E-state index >= 15 is 0 Å². The highest BCUT2D eigenvalue weighted by Crippen LogP contribution is 2.13. The summed E-state index contributed by atoms with van der Waals surface area (Å²) in [5.74, 6) is 0.145. The van der Waals surface area contributed by atoms with Gasteiger partial charge in [-0.2, -0.15) is 0 Å². The second-order valence-electron chi connectivity index (χ2n) is 6.54. The first kappa shape index (κ1) is 16.7. The minimum absolute atomic E-state index is 0.145. The van der Waals surface area contributed by atoms with Crippen LogP contribution in [0.15, 0.2) is 0 Å². The maximum absolute atomic E-state index is 12.0. The van der Waals surface area contributed by atoms with Crippen LogP contribution < -0.4 is 10.6 Å². The third-order valence-electron chi connectivity index (χ3n) is 4.59. The van der Waals surface area contributed by atoms with Crippen molar-refractivity contribution in [3.63, 3.8) is 0 Å². The van der Waals surface area contributed by atoms with Gasteiger partial charge in [0.2, 0.25) is 5.91 Å². The van der Waals surface area contributed by atoms with Crippen molar-refractivity contribution < 1.29 is 9.53 Å². The number of rotatable bonds is 6. The van der Waals surface area contributed by atoms with Crippen LogP contribution in [0.2, 0.25) is 0 Å². The molecule has 0 aromatic heterocycles. The van der Waals surface area contributed by atoms with Crippen LogP contribution in [0.3, 0.4) is 0 Å². The first-order valence-corrected chi connectivity index (χ1v) is 8.51. The highest BCUT2D eigenvalue weighted by atomic mass is 16.5. The van der Waals surface area contributed by atoms with Gasteiger partial charge >= 0.3 is 0 Å². The van der Waals surface area contributed by atoms with Gasteiger partial charge in [0.05, 0.1) is 12.7 Å². The highest BCUT2D eigenvalue weighted by molar-refractivity contribution is 5.76. The lowest BCUT2D eigenvalue weighted by Gasteiger charge is -2.34. The van der Waals surface area contributed by atoms with Crippen molar-refractivity contribution in [2.45, 2.75) is 64.1 Å². The van der Waals surface area contributed by atoms with Gasteiger partial charge in [-0.3, -0.25) is 4.79 Å². The van der Waals surface area contributed by atoms with E-state index in [1.807, 2.05) is 0 Å². The second kappa shape index (κ2) is 8.71. The SMILES string of the molecule is CC(C)N1CCC(NC(=O)CCOC2CCNCC2)CC1. The van der Waals surface area contributed by atoms with E-state index < -0.39 is 0 Å². The third-order valence-corrected chi connectivity index (χ3v) is 4.59. The molecule has 2 aliphatic rings. The van der Waals surface area contributed by atoms with Crippen molar-refractivity contribution in [3.8, 4) is 0 Å². The largest absolute Gasteiger partial charge is 0.378 e. The Morgan fingerprint density at radius 2 is 1.90 bits per heavy atom. The second-order valence-corrected chi connectivity index (χ2v) is 6.54. The van der Waals surface area contributed by atoms with Crippen LogP contribution in [0, 0.1) is 0 Å². The number of hydrogen-bond acceptors (Lipinski definition) is 4. The first-order chi connectivity index (χ1) is 10.1. The van der Waals surface area contributed by atoms with E-state index in [1.54, 1.807) is 0 Å². The number of likely N-dealkylation sites (tertiary alicyclic amines) is 1. The van der Waals surface area contributed by atoms with Crippen molar-refractivity contribution in [1.82, 2.24) is 15.5 Å². The minimum atomic E-state index is 0.145. The number of amides is 1. The van der Waals surface area contributed by atoms with Gasteiger partial charge in [0.25, 0.3) is 0 Å². The van der Waals surface area contributed by atoms with Gasteiger partial charge in [-0.1, -0.05) is 0 Å². The van der Waals surface area contributed by atoms with Crippen LogP contribution in [0.5, 0.6) is 0 Å². The number of carbonyl (C=O) groups excluding carboxylic acids is 1. The van der Waals surface area contributed by atoms with E-state index in [4.69, 9.17) is 4.74 Å². The van der Waals surface area contributed by atoms with E-state index in [-0.39, 0.29) is 5.91 Å². The van der Waals surface area contributed by atoms with Gasteiger partial charge in [-0.15, -0.1) is 0 Å². The molecule has 0 radical (unpaired) electrons. The average molecular weight is 297 g/mol. The van der Waals surface area contributed by atoms with E-state index in [9.17, 15) is 4.79 Å². The van der Waals surface area contributed by atoms with Gasteiger partial charge < -0.3 is 20.3 Å². The normalized spacial score (nSPS) is 22.6. The molecule has 0 aliphatic carbocycles. The van der Waals surface area contributed by atoms with E-state index in [1.165, 1.54) is 0 Å². The van der Waals surface area contributed by atoms with Crippen molar-refractivity contribution >= 4 is 5.91 Å². The van der Waals surface area contributed by atoms with Crippen molar-refractivity contribution in [2.75, 3.05) is 32.8 Å². The number of carbonyl (C=O) groups is 1. The smallest absolute Gasteiger partial charge is 0.222 e. The molecule has 0 unspecified atom stereocenters. The van der Waals surface area contributed by atoms with E-state index in [2.05, 4.69) is 29.4 Å². The fourth-order valence-corrected chi connectivity index (χ4v) is 3.14. The van der Waals surface area contributed by atoms with Gasteiger partial charge in [0, 0.05) is 31.6 Å². The Kier molecular flexibility index (Phi) is 6.93. The summed E-state index contributed by atoms with van der Waals surface area (Å²) >= 11 is 0. The standard InChI is InChI=1S/C16H31N3O2/c1-13(2)19-10-5-14(6-11-19)18-16(20)7-12-21-15-3-8-17-9-4-15/h13-15,17H,3-12H2,1-2H3,(H,18,20). The van der Waals surface area contributed by atoms with Crippen molar-refractivity contribution in [2.24, 2.45) is 0 Å². The lowest BCUT2D eigenvalue weighted by molar-refractivity contribution is -0.123. The molecule has 0 bridgehead atoms. The molecule has 2 heterocycles. The Hall–Kier alpha value is -0.650. The Morgan fingerprint density at radius 1 is 1.24 bits per heavy atom. The van der Waals surface area contributed by atoms with Gasteiger partial charge in [-0.05, 0) is 52.6 Å². The number of piperidine rings is 2. The van der Waals surface area contributed by atoms with Crippen LogP contribution in [0.4, 0.5) is 0 Å². The molecule has 5 heteroatoms. The zero-order valence-corrected chi connectivity index (χ0v) is 13.6. The van der Waals surface area contributed by atoms with Crippen LogP contribution in [0.25, 0.3) is 0 Å². The predicted molar refractivity (Wildman–Crippen MR) is 84.3 cm³/mol. The Bertz CT molecular complexity index is 309. The zero-order valence-electron chi connectivity index (χ0n) is 13.6. The first-order valence-electron chi connectivity index (χ1n) is 8.51. The summed E-state index contributed by atoms with van der Waals surface area (Å²) in [6.45, 7) is 9.27. The molecule has 1 amide bonds. The molecule has 0 saturated carbocycles. The zero-order chi connectivity index (χ0) is 15.1. The molecule has 0 spiro atoms. The van der Waals surface area contributed by atoms with E-state index in [0.29, 0.717) is 31.2 Å². The molecular formula is C16H31N3O2. The molecule has 2 fully saturated rings. The van der Waals surface area contributed by atoms with Crippen LogP contribution in [-0.4, -0.2) is 61.8 Å². The fraction of sp³-hybridized carbons (Fsp3) is 0.938. The molecule has 122 valence electrons. The number of nitrogens with one attached hydrogen (secondary N) is 2. The maximum Gasteiger partial charge on any atom is 0.222 e. The summed E-state index contributed by atoms with van der Waals surface area (Å²) in [7, 11) is 0. The summed E-state index contributed by atoms with van der Waals surface area (Å²) in [5.41, 5.74) is 0. The molecule has 0 aromatic carbocycles. The lowest BCUT2D eigenvalue weighted by Crippen LogP contribution is -2.46. The molecule has 0 atom stereocenters. The molecule has 2 saturated heterocycles. The van der Waals surface area contributed by atoms with Crippen LogP contribution in [-0.2, 0) is 9.53 Å². The number of nitrogens with zero attached hydrogens (tertiary/aromatic N) is 1. The molecular weight excluding hydrogens is 266 g/mol.